The molecule has 1 aliphatic heterocycles. The molecule has 0 N–H and O–H groups in total. The number of amides is 1. The van der Waals surface area contributed by atoms with Crippen LogP contribution in [0.5, 0.6) is 0 Å². The summed E-state index contributed by atoms with van der Waals surface area (Å²) in [7, 11) is 0. The second kappa shape index (κ2) is 8.33. The molecule has 0 aliphatic carbocycles. The van der Waals surface area contributed by atoms with Crippen LogP contribution in [0.1, 0.15) is 43.7 Å². The molecule has 2 atom stereocenters. The average molecular weight is 369 g/mol. The number of hydrogen-bond acceptors (Lipinski definition) is 3. The van der Waals surface area contributed by atoms with E-state index in [0.717, 1.165) is 17.7 Å². The summed E-state index contributed by atoms with van der Waals surface area (Å²) in [5, 5.41) is 0. The van der Waals surface area contributed by atoms with E-state index in [0.29, 0.717) is 18.0 Å². The Bertz CT molecular complexity index is 819. The van der Waals surface area contributed by atoms with Crippen LogP contribution in [0, 0.1) is 11.7 Å². The maximum atomic E-state index is 12.9. The molecule has 1 amide bonds. The van der Waals surface area contributed by atoms with Crippen molar-refractivity contribution in [3.63, 3.8) is 0 Å². The van der Waals surface area contributed by atoms with Crippen LogP contribution in [-0.4, -0.2) is 18.4 Å². The van der Waals surface area contributed by atoms with Crippen molar-refractivity contribution < 1.29 is 18.7 Å². The van der Waals surface area contributed by atoms with E-state index >= 15 is 0 Å². The van der Waals surface area contributed by atoms with Crippen molar-refractivity contribution >= 4 is 17.6 Å². The van der Waals surface area contributed by atoms with E-state index in [4.69, 9.17) is 4.74 Å². The Hall–Kier alpha value is -2.69. The number of carbonyl (C=O) groups is 2. The molecule has 4 nitrogen and oxygen atoms in total. The van der Waals surface area contributed by atoms with Crippen LogP contribution in [-0.2, 0) is 20.9 Å². The molecule has 1 fully saturated rings. The Morgan fingerprint density at radius 2 is 1.93 bits per heavy atom. The smallest absolute Gasteiger partial charge is 0.311 e. The molecule has 0 radical (unpaired) electrons. The van der Waals surface area contributed by atoms with Gasteiger partial charge in [0.15, 0.2) is 0 Å². The number of anilines is 1. The van der Waals surface area contributed by atoms with Gasteiger partial charge in [0.25, 0.3) is 0 Å². The highest BCUT2D eigenvalue weighted by atomic mass is 19.1. The first kappa shape index (κ1) is 19.1. The highest BCUT2D eigenvalue weighted by Gasteiger charge is 2.37. The predicted octanol–water partition coefficient (Wildman–Crippen LogP) is 4.44. The van der Waals surface area contributed by atoms with E-state index < -0.39 is 11.9 Å². The summed E-state index contributed by atoms with van der Waals surface area (Å²) in [6, 6.07) is 13.7. The molecule has 0 spiro atoms. The largest absolute Gasteiger partial charge is 0.461 e. The fraction of sp³-hybridized carbons (Fsp3) is 0.364. The molecule has 0 bridgehead atoms. The van der Waals surface area contributed by atoms with Gasteiger partial charge in [-0.15, -0.1) is 0 Å². The fourth-order valence-electron chi connectivity index (χ4n) is 3.32. The Morgan fingerprint density at radius 3 is 2.63 bits per heavy atom. The maximum absolute atomic E-state index is 12.9. The zero-order valence-electron chi connectivity index (χ0n) is 15.7. The van der Waals surface area contributed by atoms with Crippen LogP contribution in [0.3, 0.4) is 0 Å². The van der Waals surface area contributed by atoms with Gasteiger partial charge in [0.2, 0.25) is 5.91 Å². The molecule has 0 saturated carbocycles. The summed E-state index contributed by atoms with van der Waals surface area (Å²) in [5.74, 6) is -0.936. The van der Waals surface area contributed by atoms with E-state index in [2.05, 4.69) is 13.8 Å². The average Bonchev–Trinajstić information content (AvgIpc) is 3.08. The second-order valence-corrected chi connectivity index (χ2v) is 7.01. The molecule has 5 heteroatoms. The van der Waals surface area contributed by atoms with Gasteiger partial charge >= 0.3 is 5.97 Å². The van der Waals surface area contributed by atoms with Crippen molar-refractivity contribution in [1.82, 2.24) is 0 Å². The third kappa shape index (κ3) is 4.35. The zero-order valence-corrected chi connectivity index (χ0v) is 15.7. The van der Waals surface area contributed by atoms with Crippen LogP contribution >= 0.6 is 0 Å². The minimum absolute atomic E-state index is 0.0607. The molecule has 27 heavy (non-hydrogen) atoms. The molecule has 1 aliphatic rings. The molecule has 1 heterocycles. The van der Waals surface area contributed by atoms with Gasteiger partial charge in [0, 0.05) is 18.7 Å². The summed E-state index contributed by atoms with van der Waals surface area (Å²) < 4.78 is 18.3. The van der Waals surface area contributed by atoms with Gasteiger partial charge in [-0.1, -0.05) is 44.2 Å². The lowest BCUT2D eigenvalue weighted by molar-refractivity contribution is -0.149. The lowest BCUT2D eigenvalue weighted by Crippen LogP contribution is -2.27. The molecule has 142 valence electrons. The molecule has 2 aromatic carbocycles. The van der Waals surface area contributed by atoms with E-state index in [1.807, 2.05) is 24.3 Å². The fourth-order valence-corrected chi connectivity index (χ4v) is 3.32. The predicted molar refractivity (Wildman–Crippen MR) is 102 cm³/mol. The van der Waals surface area contributed by atoms with Gasteiger partial charge in [-0.25, -0.2) is 4.39 Å². The molecular formula is C22H24FNO3. The summed E-state index contributed by atoms with van der Waals surface area (Å²) in [6.07, 6.45) is 1.12. The summed E-state index contributed by atoms with van der Waals surface area (Å²) >= 11 is 0. The molecule has 1 saturated heterocycles. The highest BCUT2D eigenvalue weighted by Crippen LogP contribution is 2.33. The third-order valence-corrected chi connectivity index (χ3v) is 5.12. The van der Waals surface area contributed by atoms with Crippen LogP contribution in [0.4, 0.5) is 10.1 Å². The topological polar surface area (TPSA) is 46.6 Å². The first-order valence-corrected chi connectivity index (χ1v) is 9.30. The lowest BCUT2D eigenvalue weighted by atomic mass is 9.96. The van der Waals surface area contributed by atoms with Gasteiger partial charge in [-0.2, -0.15) is 0 Å². The summed E-state index contributed by atoms with van der Waals surface area (Å²) in [6.45, 7) is 4.65. The van der Waals surface area contributed by atoms with Crippen LogP contribution < -0.4 is 4.90 Å². The standard InChI is InChI=1S/C22H24FNO3/c1-3-15(2)19-6-4-5-7-20(19)24-13-17(12-21(24)25)22(26)27-14-16-8-10-18(23)11-9-16/h4-11,15,17H,3,12-14H2,1-2H3/t15-,17+/m0/s1. The summed E-state index contributed by atoms with van der Waals surface area (Å²) in [5.41, 5.74) is 2.72. The van der Waals surface area contributed by atoms with Crippen molar-refractivity contribution in [3.8, 4) is 0 Å². The van der Waals surface area contributed by atoms with Crippen LogP contribution in [0.2, 0.25) is 0 Å². The molecular weight excluding hydrogens is 345 g/mol. The van der Waals surface area contributed by atoms with Crippen molar-refractivity contribution in [3.05, 3.63) is 65.5 Å². The third-order valence-electron chi connectivity index (χ3n) is 5.12. The Morgan fingerprint density at radius 1 is 1.22 bits per heavy atom. The number of halogens is 1. The van der Waals surface area contributed by atoms with Crippen molar-refractivity contribution in [2.24, 2.45) is 5.92 Å². The van der Waals surface area contributed by atoms with Gasteiger partial charge in [-0.05, 0) is 41.7 Å². The van der Waals surface area contributed by atoms with Crippen molar-refractivity contribution in [2.45, 2.75) is 39.2 Å². The highest BCUT2D eigenvalue weighted by molar-refractivity contribution is 6.00. The minimum Gasteiger partial charge on any atom is -0.461 e. The van der Waals surface area contributed by atoms with Gasteiger partial charge in [0.05, 0.1) is 5.92 Å². The van der Waals surface area contributed by atoms with Crippen molar-refractivity contribution in [2.75, 3.05) is 11.4 Å². The van der Waals surface area contributed by atoms with Crippen molar-refractivity contribution in [1.29, 1.82) is 0 Å². The lowest BCUT2D eigenvalue weighted by Gasteiger charge is -2.23. The Kier molecular flexibility index (Phi) is 5.89. The molecule has 3 rings (SSSR count). The Balaban J connectivity index is 1.67. The first-order valence-electron chi connectivity index (χ1n) is 9.30. The number of para-hydroxylation sites is 1. The second-order valence-electron chi connectivity index (χ2n) is 7.01. The number of rotatable bonds is 6. The van der Waals surface area contributed by atoms with Gasteiger partial charge in [0.1, 0.15) is 12.4 Å². The monoisotopic (exact) mass is 369 g/mol. The maximum Gasteiger partial charge on any atom is 0.311 e. The first-order chi connectivity index (χ1) is 13.0. The number of hydrogen-bond donors (Lipinski definition) is 0. The number of nitrogens with zero attached hydrogens (tertiary/aromatic N) is 1. The molecule has 0 unspecified atom stereocenters. The van der Waals surface area contributed by atoms with E-state index in [1.54, 1.807) is 17.0 Å². The number of carbonyl (C=O) groups excluding carboxylic acids is 2. The SMILES string of the molecule is CC[C@H](C)c1ccccc1N1C[C@H](C(=O)OCc2ccc(F)cc2)CC1=O. The molecule has 2 aromatic rings. The molecule has 0 aromatic heterocycles. The van der Waals surface area contributed by atoms with Gasteiger partial charge < -0.3 is 9.64 Å². The summed E-state index contributed by atoms with van der Waals surface area (Å²) in [4.78, 5) is 26.6. The number of esters is 1. The van der Waals surface area contributed by atoms with E-state index in [9.17, 15) is 14.0 Å². The zero-order chi connectivity index (χ0) is 19.4. The van der Waals surface area contributed by atoms with Crippen LogP contribution in [0.15, 0.2) is 48.5 Å². The normalized spacial score (nSPS) is 17.8. The Labute approximate surface area is 158 Å². The van der Waals surface area contributed by atoms with Crippen LogP contribution in [0.25, 0.3) is 0 Å². The number of benzene rings is 2. The van der Waals surface area contributed by atoms with E-state index in [-0.39, 0.29) is 24.8 Å². The quantitative estimate of drug-likeness (QED) is 0.708. The number of ether oxygens (including phenoxy) is 1. The minimum atomic E-state index is -0.483. The van der Waals surface area contributed by atoms with E-state index in [1.165, 1.54) is 12.1 Å². The van der Waals surface area contributed by atoms with Gasteiger partial charge in [-0.3, -0.25) is 9.59 Å².